The number of benzene rings is 1. The minimum Gasteiger partial charge on any atom is -0.368 e. The van der Waals surface area contributed by atoms with Crippen LogP contribution in [0.25, 0.3) is 0 Å². The van der Waals surface area contributed by atoms with Gasteiger partial charge in [-0.05, 0) is 31.5 Å². The summed E-state index contributed by atoms with van der Waals surface area (Å²) in [6.45, 7) is 9.17. The Kier molecular flexibility index (Phi) is 6.30. The number of primary amides is 1. The maximum absolute atomic E-state index is 11.3. The van der Waals surface area contributed by atoms with Gasteiger partial charge in [0.1, 0.15) is 0 Å². The molecule has 0 bridgehead atoms. The average Bonchev–Trinajstić information content (AvgIpc) is 2.33. The highest BCUT2D eigenvalue weighted by atomic mass is 35.5. The van der Waals surface area contributed by atoms with Crippen molar-refractivity contribution in [1.29, 1.82) is 0 Å². The molecule has 0 atom stereocenters. The van der Waals surface area contributed by atoms with E-state index in [4.69, 9.17) is 17.3 Å². The first kappa shape index (κ1) is 16.8. The van der Waals surface area contributed by atoms with E-state index in [1.54, 1.807) is 0 Å². The van der Waals surface area contributed by atoms with Crippen molar-refractivity contribution >= 4 is 23.2 Å². The molecule has 0 fully saturated rings. The van der Waals surface area contributed by atoms with Gasteiger partial charge in [0.05, 0.1) is 6.54 Å². The van der Waals surface area contributed by atoms with Gasteiger partial charge in [-0.15, -0.1) is 0 Å². The second-order valence-electron chi connectivity index (χ2n) is 5.50. The van der Waals surface area contributed by atoms with E-state index in [0.717, 1.165) is 17.8 Å². The minimum absolute atomic E-state index is 0.166. The highest BCUT2D eigenvalue weighted by Gasteiger charge is 2.17. The lowest BCUT2D eigenvalue weighted by Gasteiger charge is -2.30. The number of nitrogens with two attached hydrogens (primary N) is 1. The van der Waals surface area contributed by atoms with Crippen LogP contribution in [0.3, 0.4) is 0 Å². The third-order valence-electron chi connectivity index (χ3n) is 3.01. The number of hydrogen-bond acceptors (Lipinski definition) is 3. The van der Waals surface area contributed by atoms with Gasteiger partial charge in [-0.1, -0.05) is 31.5 Å². The van der Waals surface area contributed by atoms with Crippen LogP contribution in [-0.2, 0) is 11.3 Å². The second-order valence-corrected chi connectivity index (χ2v) is 5.93. The van der Waals surface area contributed by atoms with E-state index < -0.39 is 0 Å². The molecule has 0 unspecified atom stereocenters. The van der Waals surface area contributed by atoms with Gasteiger partial charge in [0.2, 0.25) is 5.91 Å². The smallest absolute Gasteiger partial charge is 0.236 e. The molecule has 1 aromatic rings. The molecule has 0 aromatic heterocycles. The number of carbonyl (C=O) groups excluding carboxylic acids is 1. The van der Waals surface area contributed by atoms with Gasteiger partial charge < -0.3 is 16.0 Å². The van der Waals surface area contributed by atoms with Crippen molar-refractivity contribution in [1.82, 2.24) is 5.32 Å². The van der Waals surface area contributed by atoms with Crippen molar-refractivity contribution < 1.29 is 4.79 Å². The molecule has 1 amide bonds. The zero-order valence-electron chi connectivity index (χ0n) is 12.6. The fraction of sp³-hybridized carbons (Fsp3) is 0.533. The summed E-state index contributed by atoms with van der Waals surface area (Å²) >= 11 is 6.10. The maximum atomic E-state index is 11.3. The molecule has 1 aromatic carbocycles. The average molecular weight is 298 g/mol. The summed E-state index contributed by atoms with van der Waals surface area (Å²) in [4.78, 5) is 13.3. The maximum Gasteiger partial charge on any atom is 0.236 e. The lowest BCUT2D eigenvalue weighted by molar-refractivity contribution is -0.116. The van der Waals surface area contributed by atoms with Crippen LogP contribution in [0.15, 0.2) is 18.2 Å². The van der Waals surface area contributed by atoms with Crippen LogP contribution in [0.2, 0.25) is 5.02 Å². The normalized spacial score (nSPS) is 11.2. The Hall–Kier alpha value is -1.26. The highest BCUT2D eigenvalue weighted by molar-refractivity contribution is 6.30. The predicted molar refractivity (Wildman–Crippen MR) is 85.1 cm³/mol. The molecule has 0 radical (unpaired) electrons. The molecule has 3 N–H and O–H groups in total. The third-order valence-corrected chi connectivity index (χ3v) is 3.24. The Balaban J connectivity index is 3.10. The first-order chi connectivity index (χ1) is 9.31. The van der Waals surface area contributed by atoms with Gasteiger partial charge in [-0.2, -0.15) is 0 Å². The monoisotopic (exact) mass is 297 g/mol. The van der Waals surface area contributed by atoms with Crippen molar-refractivity contribution in [2.45, 2.75) is 46.3 Å². The molecule has 20 heavy (non-hydrogen) atoms. The SMILES string of the molecule is CC(C)NCc1ccc(Cl)cc1N(CC(N)=O)C(C)C. The van der Waals surface area contributed by atoms with Gasteiger partial charge in [0, 0.05) is 29.3 Å². The van der Waals surface area contributed by atoms with E-state index in [1.807, 2.05) is 36.9 Å². The number of amides is 1. The Morgan fingerprint density at radius 2 is 2.00 bits per heavy atom. The van der Waals surface area contributed by atoms with Gasteiger partial charge in [-0.3, -0.25) is 4.79 Å². The first-order valence-corrected chi connectivity index (χ1v) is 7.25. The number of hydrogen-bond donors (Lipinski definition) is 2. The van der Waals surface area contributed by atoms with E-state index >= 15 is 0 Å². The summed E-state index contributed by atoms with van der Waals surface area (Å²) in [6, 6.07) is 6.30. The van der Waals surface area contributed by atoms with E-state index in [0.29, 0.717) is 11.1 Å². The summed E-state index contributed by atoms with van der Waals surface area (Å²) in [7, 11) is 0. The standard InChI is InChI=1S/C15H24ClN3O/c1-10(2)18-8-12-5-6-13(16)7-14(12)19(11(3)4)9-15(17)20/h5-7,10-11,18H,8-9H2,1-4H3,(H2,17,20). The van der Waals surface area contributed by atoms with Gasteiger partial charge in [0.25, 0.3) is 0 Å². The fourth-order valence-corrected chi connectivity index (χ4v) is 2.15. The summed E-state index contributed by atoms with van der Waals surface area (Å²) in [5, 5.41) is 4.04. The summed E-state index contributed by atoms with van der Waals surface area (Å²) in [5.41, 5.74) is 7.42. The first-order valence-electron chi connectivity index (χ1n) is 6.88. The third kappa shape index (κ3) is 5.02. The van der Waals surface area contributed by atoms with Gasteiger partial charge >= 0.3 is 0 Å². The minimum atomic E-state index is -0.346. The van der Waals surface area contributed by atoms with Gasteiger partial charge in [-0.25, -0.2) is 0 Å². The molecular weight excluding hydrogens is 274 g/mol. The van der Waals surface area contributed by atoms with Crippen LogP contribution in [0.4, 0.5) is 5.69 Å². The van der Waals surface area contributed by atoms with Crippen molar-refractivity contribution in [3.05, 3.63) is 28.8 Å². The fourth-order valence-electron chi connectivity index (χ4n) is 1.98. The van der Waals surface area contributed by atoms with E-state index in [1.165, 1.54) is 0 Å². The van der Waals surface area contributed by atoms with Crippen molar-refractivity contribution in [2.75, 3.05) is 11.4 Å². The predicted octanol–water partition coefficient (Wildman–Crippen LogP) is 2.54. The Bertz CT molecular complexity index is 460. The van der Waals surface area contributed by atoms with Crippen LogP contribution < -0.4 is 16.0 Å². The number of halogens is 1. The molecule has 0 saturated heterocycles. The molecule has 112 valence electrons. The Morgan fingerprint density at radius 1 is 1.35 bits per heavy atom. The van der Waals surface area contributed by atoms with Crippen LogP contribution in [0, 0.1) is 0 Å². The van der Waals surface area contributed by atoms with E-state index in [2.05, 4.69) is 19.2 Å². The van der Waals surface area contributed by atoms with Crippen molar-refractivity contribution in [3.63, 3.8) is 0 Å². The number of carbonyl (C=O) groups is 1. The number of rotatable bonds is 7. The molecule has 0 aliphatic heterocycles. The van der Waals surface area contributed by atoms with Crippen LogP contribution >= 0.6 is 11.6 Å². The molecule has 0 aliphatic carbocycles. The number of nitrogens with zero attached hydrogens (tertiary/aromatic N) is 1. The highest BCUT2D eigenvalue weighted by Crippen LogP contribution is 2.26. The quantitative estimate of drug-likeness (QED) is 0.813. The molecule has 0 saturated carbocycles. The van der Waals surface area contributed by atoms with Crippen LogP contribution in [-0.4, -0.2) is 24.5 Å². The van der Waals surface area contributed by atoms with Gasteiger partial charge in [0.15, 0.2) is 0 Å². The van der Waals surface area contributed by atoms with Crippen LogP contribution in [0.1, 0.15) is 33.3 Å². The zero-order chi connectivity index (χ0) is 15.3. The van der Waals surface area contributed by atoms with E-state index in [9.17, 15) is 4.79 Å². The summed E-state index contributed by atoms with van der Waals surface area (Å²) < 4.78 is 0. The number of anilines is 1. The molecule has 0 heterocycles. The summed E-state index contributed by atoms with van der Waals surface area (Å²) in [6.07, 6.45) is 0. The Labute approximate surface area is 126 Å². The molecule has 4 nitrogen and oxygen atoms in total. The van der Waals surface area contributed by atoms with Crippen LogP contribution in [0.5, 0.6) is 0 Å². The molecule has 5 heteroatoms. The van der Waals surface area contributed by atoms with Crippen molar-refractivity contribution in [2.24, 2.45) is 5.73 Å². The second kappa shape index (κ2) is 7.50. The number of nitrogens with one attached hydrogen (secondary N) is 1. The molecular formula is C15H24ClN3O. The lowest BCUT2D eigenvalue weighted by atomic mass is 10.1. The largest absolute Gasteiger partial charge is 0.368 e. The summed E-state index contributed by atoms with van der Waals surface area (Å²) in [5.74, 6) is -0.346. The van der Waals surface area contributed by atoms with E-state index in [-0.39, 0.29) is 18.5 Å². The topological polar surface area (TPSA) is 58.4 Å². The zero-order valence-corrected chi connectivity index (χ0v) is 13.4. The molecule has 0 spiro atoms. The molecule has 0 aliphatic rings. The lowest BCUT2D eigenvalue weighted by Crippen LogP contribution is -2.39. The molecule has 1 rings (SSSR count). The van der Waals surface area contributed by atoms with Crippen molar-refractivity contribution in [3.8, 4) is 0 Å². The Morgan fingerprint density at radius 3 is 2.50 bits per heavy atom.